The van der Waals surface area contributed by atoms with E-state index >= 15 is 0 Å². The van der Waals surface area contributed by atoms with Gasteiger partial charge in [0.25, 0.3) is 5.91 Å². The summed E-state index contributed by atoms with van der Waals surface area (Å²) in [7, 11) is 1.60. The van der Waals surface area contributed by atoms with Crippen molar-refractivity contribution in [3.05, 3.63) is 105 Å². The molecule has 1 aromatic heterocycles. The van der Waals surface area contributed by atoms with Gasteiger partial charge in [-0.1, -0.05) is 65.3 Å². The largest absolute Gasteiger partial charge is 0.497 e. The van der Waals surface area contributed by atoms with Gasteiger partial charge in [0.05, 0.1) is 12.7 Å². The number of allylic oxidation sites excluding steroid dienone is 1. The molecule has 5 rings (SSSR count). The van der Waals surface area contributed by atoms with Gasteiger partial charge in [0.15, 0.2) is 0 Å². The monoisotopic (exact) mass is 551 g/mol. The number of hydrogen-bond acceptors (Lipinski definition) is 6. The minimum absolute atomic E-state index is 0.269. The molecule has 0 fully saturated rings. The van der Waals surface area contributed by atoms with Crippen LogP contribution in [-0.4, -0.2) is 27.8 Å². The first-order valence-corrected chi connectivity index (χ1v) is 13.2. The fraction of sp³-hybridized carbons (Fsp3) is 0.148. The molecule has 2 N–H and O–H groups in total. The number of hydrogen-bond donors (Lipinski definition) is 2. The molecule has 0 radical (unpaired) electrons. The van der Waals surface area contributed by atoms with Crippen LogP contribution in [0.25, 0.3) is 0 Å². The summed E-state index contributed by atoms with van der Waals surface area (Å²) in [5.74, 6) is 1.63. The van der Waals surface area contributed by atoms with Crippen LogP contribution in [0.5, 0.6) is 5.75 Å². The van der Waals surface area contributed by atoms with E-state index in [4.69, 9.17) is 33.0 Å². The van der Waals surface area contributed by atoms with Crippen molar-refractivity contribution in [2.45, 2.75) is 23.9 Å². The van der Waals surface area contributed by atoms with Crippen LogP contribution in [0.15, 0.2) is 89.2 Å². The van der Waals surface area contributed by atoms with Crippen LogP contribution in [0.2, 0.25) is 10.0 Å². The Morgan fingerprint density at radius 3 is 2.62 bits per heavy atom. The number of amides is 1. The smallest absolute Gasteiger partial charge is 0.255 e. The normalized spacial score (nSPS) is 14.6. The molecular weight excluding hydrogens is 529 g/mol. The minimum Gasteiger partial charge on any atom is -0.497 e. The second-order valence-electron chi connectivity index (χ2n) is 8.35. The number of nitrogens with one attached hydrogen (secondary N) is 2. The fourth-order valence-corrected chi connectivity index (χ4v) is 5.34. The van der Waals surface area contributed by atoms with E-state index in [1.807, 2.05) is 49.4 Å². The number of halogens is 2. The van der Waals surface area contributed by atoms with Crippen molar-refractivity contribution in [1.82, 2.24) is 14.8 Å². The van der Waals surface area contributed by atoms with Crippen molar-refractivity contribution in [2.24, 2.45) is 0 Å². The number of fused-ring (bicyclic) bond motifs is 1. The molecule has 1 aliphatic rings. The Balaban J connectivity index is 1.48. The summed E-state index contributed by atoms with van der Waals surface area (Å²) in [5, 5.41) is 12.8. The lowest BCUT2D eigenvalue weighted by atomic mass is 9.95. The first kappa shape index (κ1) is 25.2. The molecule has 10 heteroatoms. The van der Waals surface area contributed by atoms with E-state index in [0.717, 1.165) is 11.1 Å². The van der Waals surface area contributed by atoms with E-state index in [9.17, 15) is 4.79 Å². The van der Waals surface area contributed by atoms with Gasteiger partial charge < -0.3 is 15.4 Å². The third kappa shape index (κ3) is 5.46. The highest BCUT2D eigenvalue weighted by Gasteiger charge is 2.35. The van der Waals surface area contributed by atoms with E-state index in [0.29, 0.717) is 49.6 Å². The molecule has 37 heavy (non-hydrogen) atoms. The predicted octanol–water partition coefficient (Wildman–Crippen LogP) is 6.81. The molecule has 1 atom stereocenters. The van der Waals surface area contributed by atoms with Crippen LogP contribution in [0, 0.1) is 0 Å². The van der Waals surface area contributed by atoms with Gasteiger partial charge in [0.1, 0.15) is 11.8 Å². The maximum Gasteiger partial charge on any atom is 0.255 e. The van der Waals surface area contributed by atoms with Gasteiger partial charge in [0.2, 0.25) is 11.1 Å². The zero-order valence-corrected chi connectivity index (χ0v) is 22.4. The zero-order chi connectivity index (χ0) is 25.9. The summed E-state index contributed by atoms with van der Waals surface area (Å²) in [5.41, 5.74) is 3.62. The van der Waals surface area contributed by atoms with Gasteiger partial charge >= 0.3 is 0 Å². The Kier molecular flexibility index (Phi) is 7.41. The average Bonchev–Trinajstić information content (AvgIpc) is 3.30. The van der Waals surface area contributed by atoms with Crippen molar-refractivity contribution in [3.63, 3.8) is 0 Å². The van der Waals surface area contributed by atoms with Gasteiger partial charge in [0, 0.05) is 32.7 Å². The Labute approximate surface area is 228 Å². The number of rotatable bonds is 7. The Hall–Kier alpha value is -3.46. The number of methoxy groups -OCH3 is 1. The van der Waals surface area contributed by atoms with Crippen LogP contribution in [-0.2, 0) is 10.5 Å². The highest BCUT2D eigenvalue weighted by Crippen LogP contribution is 2.39. The van der Waals surface area contributed by atoms with Gasteiger partial charge in [-0.3, -0.25) is 4.79 Å². The molecule has 0 saturated carbocycles. The lowest BCUT2D eigenvalue weighted by Gasteiger charge is -2.29. The number of anilines is 2. The molecule has 4 aromatic rings. The van der Waals surface area contributed by atoms with Crippen LogP contribution in [0.4, 0.5) is 11.6 Å². The van der Waals surface area contributed by atoms with Crippen LogP contribution in [0.1, 0.15) is 24.1 Å². The number of carbonyl (C=O) groups is 1. The zero-order valence-electron chi connectivity index (χ0n) is 20.0. The minimum atomic E-state index is -0.573. The topological polar surface area (TPSA) is 81.1 Å². The molecule has 0 unspecified atom stereocenters. The second kappa shape index (κ2) is 10.9. The number of benzene rings is 3. The number of ether oxygens (including phenoxy) is 1. The van der Waals surface area contributed by atoms with E-state index in [2.05, 4.69) is 15.6 Å². The number of nitrogens with zero attached hydrogens (tertiary/aromatic N) is 3. The van der Waals surface area contributed by atoms with Gasteiger partial charge in [-0.15, -0.1) is 5.10 Å². The molecule has 0 spiro atoms. The maximum atomic E-state index is 13.6. The molecule has 1 amide bonds. The van der Waals surface area contributed by atoms with Crippen LogP contribution in [0.3, 0.4) is 0 Å². The quantitative estimate of drug-likeness (QED) is 0.245. The third-order valence-corrected chi connectivity index (χ3v) is 7.37. The first-order valence-electron chi connectivity index (χ1n) is 11.4. The van der Waals surface area contributed by atoms with Gasteiger partial charge in [-0.25, -0.2) is 4.68 Å². The molecule has 7 nitrogen and oxygen atoms in total. The van der Waals surface area contributed by atoms with Crippen LogP contribution < -0.4 is 15.4 Å². The Morgan fingerprint density at radius 2 is 1.89 bits per heavy atom. The molecule has 2 heterocycles. The molecule has 1 aliphatic heterocycles. The lowest BCUT2D eigenvalue weighted by molar-refractivity contribution is -0.113. The van der Waals surface area contributed by atoms with Crippen molar-refractivity contribution in [3.8, 4) is 5.75 Å². The Bertz CT molecular complexity index is 1490. The molecule has 0 aliphatic carbocycles. The summed E-state index contributed by atoms with van der Waals surface area (Å²) in [6.07, 6.45) is 0. The standard InChI is InChI=1S/C27H23Cl2N5O2S/c1-16-23(25(35)31-19-10-12-20(36-2)13-11-19)24(21-8-3-4-9-22(21)29)34-26(30-16)32-27(33-34)37-15-17-6-5-7-18(28)14-17/h3-14,24H,15H2,1-2H3,(H,31,35)(H,30,32,33)/t24-/m1/s1. The predicted molar refractivity (Wildman–Crippen MR) is 149 cm³/mol. The maximum absolute atomic E-state index is 13.6. The van der Waals surface area contributed by atoms with Crippen molar-refractivity contribution >= 4 is 52.5 Å². The van der Waals surface area contributed by atoms with E-state index in [-0.39, 0.29) is 5.91 Å². The summed E-state index contributed by atoms with van der Waals surface area (Å²) in [6, 6.07) is 21.7. The molecule has 3 aromatic carbocycles. The van der Waals surface area contributed by atoms with Gasteiger partial charge in [-0.05, 0) is 55.0 Å². The first-order chi connectivity index (χ1) is 17.9. The second-order valence-corrected chi connectivity index (χ2v) is 10.1. The molecule has 0 saturated heterocycles. The van der Waals surface area contributed by atoms with E-state index < -0.39 is 6.04 Å². The highest BCUT2D eigenvalue weighted by molar-refractivity contribution is 7.98. The fourth-order valence-electron chi connectivity index (χ4n) is 4.12. The van der Waals surface area contributed by atoms with Crippen LogP contribution >= 0.6 is 35.0 Å². The molecule has 0 bridgehead atoms. The molecular formula is C27H23Cl2N5O2S. The Morgan fingerprint density at radius 1 is 1.11 bits per heavy atom. The highest BCUT2D eigenvalue weighted by atomic mass is 35.5. The molecule has 188 valence electrons. The lowest BCUT2D eigenvalue weighted by Crippen LogP contribution is -2.31. The summed E-state index contributed by atoms with van der Waals surface area (Å²) >= 11 is 14.2. The third-order valence-electron chi connectivity index (χ3n) is 5.88. The SMILES string of the molecule is COc1ccc(NC(=O)C2=C(C)Nc3nc(SCc4cccc(Cl)c4)nn3[C@@H]2c2ccccc2Cl)cc1. The average molecular weight is 552 g/mol. The van der Waals surface area contributed by atoms with E-state index in [1.165, 1.54) is 11.8 Å². The number of thioether (sulfide) groups is 1. The van der Waals surface area contributed by atoms with Crippen molar-refractivity contribution < 1.29 is 9.53 Å². The number of carbonyl (C=O) groups excluding carboxylic acids is 1. The summed E-state index contributed by atoms with van der Waals surface area (Å²) in [6.45, 7) is 1.85. The van der Waals surface area contributed by atoms with E-state index in [1.54, 1.807) is 42.1 Å². The summed E-state index contributed by atoms with van der Waals surface area (Å²) in [4.78, 5) is 18.3. The van der Waals surface area contributed by atoms with Crippen molar-refractivity contribution in [2.75, 3.05) is 17.7 Å². The number of aromatic nitrogens is 3. The van der Waals surface area contributed by atoms with Crippen molar-refractivity contribution in [1.29, 1.82) is 0 Å². The summed E-state index contributed by atoms with van der Waals surface area (Å²) < 4.78 is 6.94. The van der Waals surface area contributed by atoms with Gasteiger partial charge in [-0.2, -0.15) is 4.98 Å².